The molecule has 4 heteroatoms. The number of para-hydroxylation sites is 1. The number of nitrogens with two attached hydrogens (primary N) is 1. The van der Waals surface area contributed by atoms with E-state index in [1.54, 1.807) is 4.68 Å². The molecule has 0 amide bonds. The van der Waals surface area contributed by atoms with E-state index in [9.17, 15) is 0 Å². The summed E-state index contributed by atoms with van der Waals surface area (Å²) in [5.74, 6) is 0.741. The van der Waals surface area contributed by atoms with Gasteiger partial charge in [0.1, 0.15) is 5.82 Å². The van der Waals surface area contributed by atoms with Crippen molar-refractivity contribution in [2.45, 2.75) is 13.5 Å². The summed E-state index contributed by atoms with van der Waals surface area (Å²) in [6, 6.07) is 10.3. The predicted molar refractivity (Wildman–Crippen MR) is 70.9 cm³/mol. The molecule has 0 unspecified atom stereocenters. The molecule has 1 aromatic heterocycles. The van der Waals surface area contributed by atoms with Crippen molar-refractivity contribution in [1.29, 1.82) is 0 Å². The smallest absolute Gasteiger partial charge is 0.126 e. The Morgan fingerprint density at radius 2 is 1.94 bits per heavy atom. The third kappa shape index (κ3) is 2.25. The number of benzene rings is 1. The van der Waals surface area contributed by atoms with Crippen LogP contribution in [-0.4, -0.2) is 16.8 Å². The zero-order valence-corrected chi connectivity index (χ0v) is 10.5. The first-order valence-electron chi connectivity index (χ1n) is 5.63. The van der Waals surface area contributed by atoms with Crippen LogP contribution in [0, 0.1) is 6.92 Å². The van der Waals surface area contributed by atoms with Crippen molar-refractivity contribution in [3.8, 4) is 0 Å². The van der Waals surface area contributed by atoms with Gasteiger partial charge in [-0.3, -0.25) is 4.68 Å². The Kier molecular flexibility index (Phi) is 3.04. The highest BCUT2D eigenvalue weighted by molar-refractivity contribution is 5.50. The van der Waals surface area contributed by atoms with Gasteiger partial charge in [0.05, 0.1) is 5.69 Å². The average Bonchev–Trinajstić information content (AvgIpc) is 2.57. The topological polar surface area (TPSA) is 47.1 Å². The van der Waals surface area contributed by atoms with Gasteiger partial charge in [-0.15, -0.1) is 0 Å². The van der Waals surface area contributed by atoms with E-state index in [1.807, 2.05) is 32.2 Å². The minimum Gasteiger partial charge on any atom is -0.384 e. The molecule has 90 valence electrons. The number of anilines is 2. The molecule has 2 rings (SSSR count). The number of hydrogen-bond donors (Lipinski definition) is 1. The lowest BCUT2D eigenvalue weighted by atomic mass is 10.2. The highest BCUT2D eigenvalue weighted by Crippen LogP contribution is 2.20. The van der Waals surface area contributed by atoms with Crippen LogP contribution in [0.4, 0.5) is 11.5 Å². The zero-order chi connectivity index (χ0) is 12.4. The SMILES string of the molecule is Cc1nn(C)c(N)c1CN(C)c1ccccc1. The Hall–Kier alpha value is -1.97. The molecule has 0 bridgehead atoms. The van der Waals surface area contributed by atoms with Gasteiger partial charge in [-0.05, 0) is 19.1 Å². The van der Waals surface area contributed by atoms with E-state index in [-0.39, 0.29) is 0 Å². The summed E-state index contributed by atoms with van der Waals surface area (Å²) in [6.07, 6.45) is 0. The fraction of sp³-hybridized carbons (Fsp3) is 0.308. The molecule has 0 saturated carbocycles. The lowest BCUT2D eigenvalue weighted by Gasteiger charge is -2.19. The van der Waals surface area contributed by atoms with Gasteiger partial charge in [0, 0.05) is 31.9 Å². The number of nitrogens with zero attached hydrogens (tertiary/aromatic N) is 3. The zero-order valence-electron chi connectivity index (χ0n) is 10.5. The van der Waals surface area contributed by atoms with Gasteiger partial charge in [0.15, 0.2) is 0 Å². The summed E-state index contributed by atoms with van der Waals surface area (Å²) in [4.78, 5) is 2.17. The number of hydrogen-bond acceptors (Lipinski definition) is 3. The minimum absolute atomic E-state index is 0.741. The number of nitrogen functional groups attached to an aromatic ring is 1. The van der Waals surface area contributed by atoms with Crippen LogP contribution in [0.3, 0.4) is 0 Å². The van der Waals surface area contributed by atoms with Crippen molar-refractivity contribution < 1.29 is 0 Å². The third-order valence-corrected chi connectivity index (χ3v) is 2.99. The van der Waals surface area contributed by atoms with Crippen LogP contribution >= 0.6 is 0 Å². The Bertz CT molecular complexity index is 502. The standard InChI is InChI=1S/C13H18N4/c1-10-12(13(14)17(3)15-10)9-16(2)11-7-5-4-6-8-11/h4-8H,9,14H2,1-3H3. The van der Waals surface area contributed by atoms with Crippen LogP contribution in [-0.2, 0) is 13.6 Å². The second-order valence-corrected chi connectivity index (χ2v) is 4.26. The van der Waals surface area contributed by atoms with Gasteiger partial charge in [0.2, 0.25) is 0 Å². The maximum absolute atomic E-state index is 6.00. The first-order valence-corrected chi connectivity index (χ1v) is 5.63. The molecule has 0 radical (unpaired) electrons. The van der Waals surface area contributed by atoms with Crippen molar-refractivity contribution >= 4 is 11.5 Å². The number of aryl methyl sites for hydroxylation is 2. The summed E-state index contributed by atoms with van der Waals surface area (Å²) in [7, 11) is 3.93. The van der Waals surface area contributed by atoms with E-state index in [0.29, 0.717) is 0 Å². The van der Waals surface area contributed by atoms with Crippen LogP contribution in [0.25, 0.3) is 0 Å². The van der Waals surface area contributed by atoms with Gasteiger partial charge >= 0.3 is 0 Å². The summed E-state index contributed by atoms with van der Waals surface area (Å²) in [6.45, 7) is 2.76. The van der Waals surface area contributed by atoms with Crippen molar-refractivity contribution in [1.82, 2.24) is 9.78 Å². The molecule has 0 saturated heterocycles. The number of rotatable bonds is 3. The van der Waals surface area contributed by atoms with Gasteiger partial charge in [0.25, 0.3) is 0 Å². The maximum Gasteiger partial charge on any atom is 0.126 e. The molecule has 1 heterocycles. The van der Waals surface area contributed by atoms with E-state index in [4.69, 9.17) is 5.73 Å². The lowest BCUT2D eigenvalue weighted by Crippen LogP contribution is -2.17. The molecule has 2 aromatic rings. The summed E-state index contributed by atoms with van der Waals surface area (Å²) in [5.41, 5.74) is 9.27. The molecule has 1 aromatic carbocycles. The Balaban J connectivity index is 2.22. The van der Waals surface area contributed by atoms with Crippen molar-refractivity contribution in [3.63, 3.8) is 0 Å². The Morgan fingerprint density at radius 3 is 2.47 bits per heavy atom. The van der Waals surface area contributed by atoms with Crippen LogP contribution < -0.4 is 10.6 Å². The van der Waals surface area contributed by atoms with Crippen LogP contribution in [0.2, 0.25) is 0 Å². The van der Waals surface area contributed by atoms with Crippen LogP contribution in [0.15, 0.2) is 30.3 Å². The summed E-state index contributed by atoms with van der Waals surface area (Å²) < 4.78 is 1.73. The van der Waals surface area contributed by atoms with Gasteiger partial charge in [-0.2, -0.15) is 5.10 Å². The summed E-state index contributed by atoms with van der Waals surface area (Å²) >= 11 is 0. The maximum atomic E-state index is 6.00. The molecule has 0 aliphatic carbocycles. The fourth-order valence-electron chi connectivity index (χ4n) is 1.93. The second-order valence-electron chi connectivity index (χ2n) is 4.26. The molecule has 0 atom stereocenters. The first-order chi connectivity index (χ1) is 8.09. The highest BCUT2D eigenvalue weighted by Gasteiger charge is 2.12. The van der Waals surface area contributed by atoms with E-state index in [0.717, 1.165) is 23.6 Å². The van der Waals surface area contributed by atoms with Crippen LogP contribution in [0.5, 0.6) is 0 Å². The average molecular weight is 230 g/mol. The summed E-state index contributed by atoms with van der Waals surface area (Å²) in [5, 5.41) is 4.32. The van der Waals surface area contributed by atoms with E-state index in [1.165, 1.54) is 5.69 Å². The van der Waals surface area contributed by atoms with Gasteiger partial charge in [-0.25, -0.2) is 0 Å². The van der Waals surface area contributed by atoms with Crippen molar-refractivity contribution in [2.75, 3.05) is 17.7 Å². The molecule has 0 aliphatic rings. The monoisotopic (exact) mass is 230 g/mol. The van der Waals surface area contributed by atoms with E-state index >= 15 is 0 Å². The quantitative estimate of drug-likeness (QED) is 0.876. The largest absolute Gasteiger partial charge is 0.384 e. The fourth-order valence-corrected chi connectivity index (χ4v) is 1.93. The Morgan fingerprint density at radius 1 is 1.29 bits per heavy atom. The van der Waals surface area contributed by atoms with Crippen molar-refractivity contribution in [3.05, 3.63) is 41.6 Å². The predicted octanol–water partition coefficient (Wildman–Crippen LogP) is 1.95. The van der Waals surface area contributed by atoms with Gasteiger partial charge in [-0.1, -0.05) is 18.2 Å². The van der Waals surface area contributed by atoms with Crippen molar-refractivity contribution in [2.24, 2.45) is 7.05 Å². The first kappa shape index (κ1) is 11.5. The molecule has 2 N–H and O–H groups in total. The molecule has 0 aliphatic heterocycles. The number of aromatic nitrogens is 2. The third-order valence-electron chi connectivity index (χ3n) is 2.99. The van der Waals surface area contributed by atoms with Crippen LogP contribution in [0.1, 0.15) is 11.3 Å². The lowest BCUT2D eigenvalue weighted by molar-refractivity contribution is 0.767. The second kappa shape index (κ2) is 4.49. The van der Waals surface area contributed by atoms with E-state index in [2.05, 4.69) is 29.2 Å². The molecular formula is C13H18N4. The molecular weight excluding hydrogens is 212 g/mol. The minimum atomic E-state index is 0.741. The van der Waals surface area contributed by atoms with Gasteiger partial charge < -0.3 is 10.6 Å². The highest BCUT2D eigenvalue weighted by atomic mass is 15.3. The molecule has 0 spiro atoms. The molecule has 0 fully saturated rings. The normalized spacial score (nSPS) is 10.5. The Labute approximate surface area is 102 Å². The van der Waals surface area contributed by atoms with E-state index < -0.39 is 0 Å². The molecule has 17 heavy (non-hydrogen) atoms. The molecule has 4 nitrogen and oxygen atoms in total.